The van der Waals surface area contributed by atoms with Crippen LogP contribution in [0.15, 0.2) is 60.9 Å². The number of aromatic nitrogens is 3. The normalized spacial score (nSPS) is 11.5. The van der Waals surface area contributed by atoms with Crippen molar-refractivity contribution in [3.8, 4) is 5.69 Å². The topological polar surface area (TPSA) is 56.7 Å². The predicted octanol–water partition coefficient (Wildman–Crippen LogP) is 3.18. The SMILES string of the molecule is CC(C)(c1ccc(N)cc1)c1nncn1-c1ccccc1. The van der Waals surface area contributed by atoms with Gasteiger partial charge in [0.05, 0.1) is 5.41 Å². The number of hydrogen-bond acceptors (Lipinski definition) is 3. The highest BCUT2D eigenvalue weighted by Gasteiger charge is 2.29. The molecule has 2 aromatic carbocycles. The van der Waals surface area contributed by atoms with Crippen LogP contribution in [0.1, 0.15) is 25.2 Å². The Morgan fingerprint density at radius 2 is 1.62 bits per heavy atom. The smallest absolute Gasteiger partial charge is 0.147 e. The summed E-state index contributed by atoms with van der Waals surface area (Å²) in [6.07, 6.45) is 1.75. The average molecular weight is 278 g/mol. The number of nitrogen functional groups attached to an aromatic ring is 1. The molecule has 0 saturated carbocycles. The van der Waals surface area contributed by atoms with E-state index in [4.69, 9.17) is 5.73 Å². The van der Waals surface area contributed by atoms with Gasteiger partial charge in [-0.25, -0.2) is 0 Å². The van der Waals surface area contributed by atoms with Crippen LogP contribution in [0.2, 0.25) is 0 Å². The standard InChI is InChI=1S/C17H18N4/c1-17(2,13-8-10-14(18)11-9-13)16-20-19-12-21(16)15-6-4-3-5-7-15/h3-12H,18H2,1-2H3. The van der Waals surface area contributed by atoms with Crippen molar-refractivity contribution in [1.82, 2.24) is 14.8 Å². The summed E-state index contributed by atoms with van der Waals surface area (Å²) in [6, 6.07) is 18.0. The molecular formula is C17H18N4. The Morgan fingerprint density at radius 1 is 0.952 bits per heavy atom. The van der Waals surface area contributed by atoms with E-state index < -0.39 is 0 Å². The van der Waals surface area contributed by atoms with Crippen molar-refractivity contribution in [3.05, 3.63) is 72.3 Å². The quantitative estimate of drug-likeness (QED) is 0.749. The van der Waals surface area contributed by atoms with Crippen LogP contribution in [0.3, 0.4) is 0 Å². The molecule has 4 nitrogen and oxygen atoms in total. The fourth-order valence-corrected chi connectivity index (χ4v) is 2.47. The van der Waals surface area contributed by atoms with Gasteiger partial charge >= 0.3 is 0 Å². The van der Waals surface area contributed by atoms with Gasteiger partial charge in [-0.1, -0.05) is 30.3 Å². The predicted molar refractivity (Wildman–Crippen MR) is 84.3 cm³/mol. The molecule has 0 saturated heterocycles. The molecule has 0 fully saturated rings. The summed E-state index contributed by atoms with van der Waals surface area (Å²) in [5.41, 5.74) is 8.49. The van der Waals surface area contributed by atoms with E-state index in [9.17, 15) is 0 Å². The third-order valence-corrected chi connectivity index (χ3v) is 3.77. The molecule has 0 radical (unpaired) electrons. The first-order valence-electron chi connectivity index (χ1n) is 6.91. The summed E-state index contributed by atoms with van der Waals surface area (Å²) < 4.78 is 2.02. The Kier molecular flexibility index (Phi) is 3.22. The maximum absolute atomic E-state index is 5.78. The molecule has 0 unspecified atom stereocenters. The van der Waals surface area contributed by atoms with Gasteiger partial charge in [0, 0.05) is 11.4 Å². The lowest BCUT2D eigenvalue weighted by Crippen LogP contribution is -2.24. The first-order valence-corrected chi connectivity index (χ1v) is 6.91. The number of nitrogens with two attached hydrogens (primary N) is 1. The Hall–Kier alpha value is -2.62. The largest absolute Gasteiger partial charge is 0.399 e. The van der Waals surface area contributed by atoms with Crippen molar-refractivity contribution in [3.63, 3.8) is 0 Å². The Balaban J connectivity index is 2.08. The minimum absolute atomic E-state index is 0.264. The molecule has 106 valence electrons. The lowest BCUT2D eigenvalue weighted by Gasteiger charge is -2.25. The third kappa shape index (κ3) is 2.40. The fourth-order valence-electron chi connectivity index (χ4n) is 2.47. The second-order valence-corrected chi connectivity index (χ2v) is 5.61. The minimum atomic E-state index is -0.264. The summed E-state index contributed by atoms with van der Waals surface area (Å²) in [4.78, 5) is 0. The van der Waals surface area contributed by atoms with E-state index in [-0.39, 0.29) is 5.41 Å². The number of rotatable bonds is 3. The maximum atomic E-state index is 5.78. The van der Waals surface area contributed by atoms with Crippen molar-refractivity contribution < 1.29 is 0 Å². The zero-order chi connectivity index (χ0) is 14.9. The van der Waals surface area contributed by atoms with Gasteiger partial charge < -0.3 is 5.73 Å². The molecule has 0 bridgehead atoms. The van der Waals surface area contributed by atoms with Gasteiger partial charge in [0.2, 0.25) is 0 Å². The first-order chi connectivity index (χ1) is 10.1. The van der Waals surface area contributed by atoms with Crippen LogP contribution >= 0.6 is 0 Å². The summed E-state index contributed by atoms with van der Waals surface area (Å²) in [5.74, 6) is 0.901. The summed E-state index contributed by atoms with van der Waals surface area (Å²) >= 11 is 0. The Morgan fingerprint density at radius 3 is 2.29 bits per heavy atom. The van der Waals surface area contributed by atoms with E-state index in [2.05, 4.69) is 24.0 Å². The lowest BCUT2D eigenvalue weighted by molar-refractivity contribution is 0.576. The van der Waals surface area contributed by atoms with Crippen LogP contribution in [0.5, 0.6) is 0 Å². The molecule has 3 rings (SSSR count). The third-order valence-electron chi connectivity index (χ3n) is 3.77. The Labute approximate surface area is 124 Å². The van der Waals surface area contributed by atoms with Crippen molar-refractivity contribution in [2.45, 2.75) is 19.3 Å². The molecule has 0 spiro atoms. The molecule has 0 atom stereocenters. The second-order valence-electron chi connectivity index (χ2n) is 5.61. The van der Waals surface area contributed by atoms with Crippen molar-refractivity contribution in [2.75, 3.05) is 5.73 Å². The summed E-state index contributed by atoms with van der Waals surface area (Å²) in [6.45, 7) is 4.28. The molecule has 2 N–H and O–H groups in total. The van der Waals surface area contributed by atoms with Crippen molar-refractivity contribution in [2.24, 2.45) is 0 Å². The van der Waals surface area contributed by atoms with Crippen LogP contribution < -0.4 is 5.73 Å². The van der Waals surface area contributed by atoms with Crippen molar-refractivity contribution in [1.29, 1.82) is 0 Å². The number of benzene rings is 2. The minimum Gasteiger partial charge on any atom is -0.399 e. The van der Waals surface area contributed by atoms with E-state index >= 15 is 0 Å². The highest BCUT2D eigenvalue weighted by molar-refractivity contribution is 5.44. The zero-order valence-corrected chi connectivity index (χ0v) is 12.2. The number of nitrogens with zero attached hydrogens (tertiary/aromatic N) is 3. The van der Waals surface area contributed by atoms with Gasteiger partial charge in [-0.15, -0.1) is 10.2 Å². The van der Waals surface area contributed by atoms with Gasteiger partial charge in [-0.2, -0.15) is 0 Å². The van der Waals surface area contributed by atoms with Gasteiger partial charge in [-0.05, 0) is 43.7 Å². The van der Waals surface area contributed by atoms with E-state index in [1.807, 2.05) is 59.2 Å². The highest BCUT2D eigenvalue weighted by Crippen LogP contribution is 2.31. The van der Waals surface area contributed by atoms with Gasteiger partial charge in [0.25, 0.3) is 0 Å². The van der Waals surface area contributed by atoms with E-state index in [1.54, 1.807) is 6.33 Å². The van der Waals surface area contributed by atoms with Gasteiger partial charge in [0.15, 0.2) is 0 Å². The first kappa shape index (κ1) is 13.4. The lowest BCUT2D eigenvalue weighted by atomic mass is 9.83. The Bertz CT molecular complexity index is 727. The molecule has 3 aromatic rings. The molecule has 0 amide bonds. The molecule has 0 aliphatic carbocycles. The maximum Gasteiger partial charge on any atom is 0.147 e. The molecule has 1 heterocycles. The number of para-hydroxylation sites is 1. The molecule has 0 aliphatic rings. The molecule has 21 heavy (non-hydrogen) atoms. The summed E-state index contributed by atoms with van der Waals surface area (Å²) in [7, 11) is 0. The van der Waals surface area contributed by atoms with Crippen LogP contribution in [-0.2, 0) is 5.41 Å². The second kappa shape index (κ2) is 5.05. The summed E-state index contributed by atoms with van der Waals surface area (Å²) in [5, 5.41) is 8.44. The van der Waals surface area contributed by atoms with E-state index in [1.165, 1.54) is 0 Å². The van der Waals surface area contributed by atoms with Crippen LogP contribution in [-0.4, -0.2) is 14.8 Å². The van der Waals surface area contributed by atoms with E-state index in [0.29, 0.717) is 0 Å². The fraction of sp³-hybridized carbons (Fsp3) is 0.176. The monoisotopic (exact) mass is 278 g/mol. The zero-order valence-electron chi connectivity index (χ0n) is 12.2. The van der Waals surface area contributed by atoms with Gasteiger partial charge in [-0.3, -0.25) is 4.57 Å². The van der Waals surface area contributed by atoms with Gasteiger partial charge in [0.1, 0.15) is 12.2 Å². The van der Waals surface area contributed by atoms with E-state index in [0.717, 1.165) is 22.8 Å². The van der Waals surface area contributed by atoms with Crippen LogP contribution in [0.4, 0.5) is 5.69 Å². The average Bonchev–Trinajstić information content (AvgIpc) is 2.99. The highest BCUT2D eigenvalue weighted by atomic mass is 15.3. The van der Waals surface area contributed by atoms with Crippen molar-refractivity contribution >= 4 is 5.69 Å². The molecule has 4 heteroatoms. The molecular weight excluding hydrogens is 260 g/mol. The number of anilines is 1. The molecule has 0 aliphatic heterocycles. The van der Waals surface area contributed by atoms with Crippen LogP contribution in [0, 0.1) is 0 Å². The molecule has 1 aromatic heterocycles. The van der Waals surface area contributed by atoms with Crippen LogP contribution in [0.25, 0.3) is 5.69 Å². The number of hydrogen-bond donors (Lipinski definition) is 1.